The molecule has 0 aromatic heterocycles. The normalized spacial score (nSPS) is 13.1. The summed E-state index contributed by atoms with van der Waals surface area (Å²) >= 11 is 0. The fraction of sp³-hybridized carbons (Fsp3) is 0.161. The van der Waals surface area contributed by atoms with Gasteiger partial charge in [-0.2, -0.15) is 0 Å². The smallest absolute Gasteiger partial charge is 0.255 e. The topological polar surface area (TPSA) is 78.5 Å². The Bertz CT molecular complexity index is 1500. The van der Waals surface area contributed by atoms with Crippen LogP contribution in [-0.2, 0) is 24.1 Å². The molecule has 7 heteroatoms. The molecule has 2 amide bonds. The number of hydrogen-bond acceptors (Lipinski definition) is 4. The minimum Gasteiger partial charge on any atom is -0.348 e. The SMILES string of the molecule is CN1CCc2ccc(NC(=O)c3cccc(CNC(=O)c4ccc(-c5cccc(P=O)c5)cc4)c3)cc2C1. The zero-order valence-corrected chi connectivity index (χ0v) is 22.0. The number of hydrogen-bond donors (Lipinski definition) is 2. The maximum absolute atomic E-state index is 12.9. The lowest BCUT2D eigenvalue weighted by molar-refractivity contribution is 0.0950. The van der Waals surface area contributed by atoms with Gasteiger partial charge in [-0.1, -0.05) is 42.5 Å². The van der Waals surface area contributed by atoms with Gasteiger partial charge in [0.1, 0.15) is 0 Å². The molecule has 38 heavy (non-hydrogen) atoms. The molecule has 0 atom stereocenters. The summed E-state index contributed by atoms with van der Waals surface area (Å²) < 4.78 is 11.1. The standard InChI is InChI=1S/C31H28N3O3P/c1-34-15-14-23-12-13-28(17-27(23)20-34)33-31(36)26-6-2-4-21(16-26)19-32-30(35)24-10-8-22(9-11-24)25-5-3-7-29(18-25)38-37/h2-13,16-18H,14-15,19-20H2,1H3,(H,32,35)(H,33,36). The van der Waals surface area contributed by atoms with Crippen LogP contribution in [0.2, 0.25) is 0 Å². The number of fused-ring (bicyclic) bond motifs is 1. The first-order valence-electron chi connectivity index (χ1n) is 12.5. The number of amides is 2. The lowest BCUT2D eigenvalue weighted by Gasteiger charge is -2.25. The Morgan fingerprint density at radius 3 is 2.45 bits per heavy atom. The fourth-order valence-corrected chi connectivity index (χ4v) is 4.98. The molecule has 2 N–H and O–H groups in total. The van der Waals surface area contributed by atoms with E-state index in [-0.39, 0.29) is 20.3 Å². The molecule has 0 aliphatic carbocycles. The highest BCUT2D eigenvalue weighted by molar-refractivity contribution is 7.34. The van der Waals surface area contributed by atoms with Crippen LogP contribution in [0.4, 0.5) is 5.69 Å². The molecule has 0 saturated heterocycles. The number of rotatable bonds is 7. The molecule has 1 heterocycles. The van der Waals surface area contributed by atoms with E-state index in [0.29, 0.717) is 23.0 Å². The third kappa shape index (κ3) is 6.05. The number of carbonyl (C=O) groups is 2. The molecule has 6 nitrogen and oxygen atoms in total. The lowest BCUT2D eigenvalue weighted by Crippen LogP contribution is -2.26. The molecule has 0 saturated carbocycles. The van der Waals surface area contributed by atoms with E-state index in [9.17, 15) is 14.2 Å². The van der Waals surface area contributed by atoms with Gasteiger partial charge in [0.25, 0.3) is 11.8 Å². The van der Waals surface area contributed by atoms with Crippen molar-refractivity contribution in [3.8, 4) is 11.1 Å². The Morgan fingerprint density at radius 1 is 0.816 bits per heavy atom. The molecule has 190 valence electrons. The molecule has 0 unspecified atom stereocenters. The van der Waals surface area contributed by atoms with Crippen LogP contribution < -0.4 is 15.9 Å². The summed E-state index contributed by atoms with van der Waals surface area (Å²) in [6.07, 6.45) is 1.02. The minimum atomic E-state index is -0.197. The number of carbonyl (C=O) groups excluding carboxylic acids is 2. The van der Waals surface area contributed by atoms with Crippen LogP contribution in [0.1, 0.15) is 37.4 Å². The Kier molecular flexibility index (Phi) is 7.73. The lowest BCUT2D eigenvalue weighted by atomic mass is 9.99. The first kappa shape index (κ1) is 25.5. The zero-order chi connectivity index (χ0) is 26.5. The van der Waals surface area contributed by atoms with Crippen molar-refractivity contribution in [2.75, 3.05) is 18.9 Å². The van der Waals surface area contributed by atoms with Crippen LogP contribution in [0.15, 0.2) is 91.0 Å². The van der Waals surface area contributed by atoms with Crippen LogP contribution in [0, 0.1) is 0 Å². The van der Waals surface area contributed by atoms with Crippen LogP contribution >= 0.6 is 8.46 Å². The zero-order valence-electron chi connectivity index (χ0n) is 21.1. The van der Waals surface area contributed by atoms with Gasteiger partial charge in [0, 0.05) is 41.8 Å². The molecule has 0 fully saturated rings. The number of nitrogens with one attached hydrogen (secondary N) is 2. The number of nitrogens with zero attached hydrogens (tertiary/aromatic N) is 1. The minimum absolute atomic E-state index is 0.0215. The maximum atomic E-state index is 12.9. The molecule has 1 aliphatic heterocycles. The molecule has 4 aromatic carbocycles. The Morgan fingerprint density at radius 2 is 1.63 bits per heavy atom. The molecule has 4 aromatic rings. The predicted molar refractivity (Wildman–Crippen MR) is 151 cm³/mol. The van der Waals surface area contributed by atoms with Gasteiger partial charge < -0.3 is 15.5 Å². The Hall–Kier alpha value is -4.12. The second-order valence-corrected chi connectivity index (χ2v) is 10.2. The average molecular weight is 522 g/mol. The van der Waals surface area contributed by atoms with E-state index in [0.717, 1.165) is 41.9 Å². The fourth-order valence-electron chi connectivity index (χ4n) is 4.64. The van der Waals surface area contributed by atoms with Gasteiger partial charge in [0.2, 0.25) is 0 Å². The van der Waals surface area contributed by atoms with Crippen molar-refractivity contribution in [1.82, 2.24) is 10.2 Å². The summed E-state index contributed by atoms with van der Waals surface area (Å²) in [4.78, 5) is 27.9. The van der Waals surface area contributed by atoms with Crippen molar-refractivity contribution in [2.45, 2.75) is 19.5 Å². The van der Waals surface area contributed by atoms with Gasteiger partial charge >= 0.3 is 0 Å². The molecule has 0 radical (unpaired) electrons. The molecule has 0 bridgehead atoms. The van der Waals surface area contributed by atoms with Crippen LogP contribution in [0.5, 0.6) is 0 Å². The van der Waals surface area contributed by atoms with E-state index in [1.54, 1.807) is 30.3 Å². The van der Waals surface area contributed by atoms with E-state index >= 15 is 0 Å². The average Bonchev–Trinajstić information content (AvgIpc) is 2.96. The number of benzene rings is 4. The van der Waals surface area contributed by atoms with Crippen LogP contribution in [0.3, 0.4) is 0 Å². The van der Waals surface area contributed by atoms with Crippen molar-refractivity contribution < 1.29 is 14.2 Å². The summed E-state index contributed by atoms with van der Waals surface area (Å²) in [5.74, 6) is -0.379. The third-order valence-corrected chi connectivity index (χ3v) is 7.23. The first-order valence-corrected chi connectivity index (χ1v) is 13.3. The van der Waals surface area contributed by atoms with Gasteiger partial charge in [-0.3, -0.25) is 14.2 Å². The highest BCUT2D eigenvalue weighted by Gasteiger charge is 2.15. The summed E-state index contributed by atoms with van der Waals surface area (Å²) in [5, 5.41) is 6.64. The van der Waals surface area contributed by atoms with Crippen LogP contribution in [-0.4, -0.2) is 30.3 Å². The van der Waals surface area contributed by atoms with Crippen molar-refractivity contribution in [3.05, 3.63) is 119 Å². The summed E-state index contributed by atoms with van der Waals surface area (Å²) in [7, 11) is 2.08. The summed E-state index contributed by atoms with van der Waals surface area (Å²) in [5.41, 5.74) is 7.16. The van der Waals surface area contributed by atoms with Gasteiger partial charge in [-0.05, 0) is 89.8 Å². The van der Waals surface area contributed by atoms with E-state index in [1.165, 1.54) is 11.1 Å². The molecular weight excluding hydrogens is 493 g/mol. The van der Waals surface area contributed by atoms with E-state index in [4.69, 9.17) is 0 Å². The molecule has 5 rings (SSSR count). The summed E-state index contributed by atoms with van der Waals surface area (Å²) in [6, 6.07) is 28.1. The molecule has 0 spiro atoms. The Labute approximate surface area is 223 Å². The molecule has 1 aliphatic rings. The van der Waals surface area contributed by atoms with E-state index in [1.807, 2.05) is 48.5 Å². The van der Waals surface area contributed by atoms with Gasteiger partial charge in [0.05, 0.1) is 0 Å². The maximum Gasteiger partial charge on any atom is 0.255 e. The number of anilines is 1. The Balaban J connectivity index is 1.20. The van der Waals surface area contributed by atoms with Crippen molar-refractivity contribution in [1.29, 1.82) is 0 Å². The third-order valence-electron chi connectivity index (χ3n) is 6.74. The van der Waals surface area contributed by atoms with Crippen LogP contribution in [0.25, 0.3) is 11.1 Å². The number of likely N-dealkylation sites (N-methyl/N-ethyl adjacent to an activating group) is 1. The predicted octanol–water partition coefficient (Wildman–Crippen LogP) is 5.44. The first-order chi connectivity index (χ1) is 18.5. The quantitative estimate of drug-likeness (QED) is 0.318. The van der Waals surface area contributed by atoms with Crippen molar-refractivity contribution in [3.63, 3.8) is 0 Å². The van der Waals surface area contributed by atoms with Crippen molar-refractivity contribution in [2.24, 2.45) is 0 Å². The van der Waals surface area contributed by atoms with Gasteiger partial charge in [-0.15, -0.1) is 0 Å². The van der Waals surface area contributed by atoms with Gasteiger partial charge in [-0.25, -0.2) is 0 Å². The largest absolute Gasteiger partial charge is 0.348 e. The highest BCUT2D eigenvalue weighted by atomic mass is 31.1. The van der Waals surface area contributed by atoms with Crippen molar-refractivity contribution >= 4 is 31.3 Å². The molecular formula is C31H28N3O3P. The van der Waals surface area contributed by atoms with Gasteiger partial charge in [0.15, 0.2) is 8.46 Å². The summed E-state index contributed by atoms with van der Waals surface area (Å²) in [6.45, 7) is 2.23. The monoisotopic (exact) mass is 521 g/mol. The van der Waals surface area contributed by atoms with E-state index < -0.39 is 0 Å². The highest BCUT2D eigenvalue weighted by Crippen LogP contribution is 2.23. The second kappa shape index (κ2) is 11.5. The van der Waals surface area contributed by atoms with E-state index in [2.05, 4.69) is 34.7 Å². The second-order valence-electron chi connectivity index (χ2n) is 9.53.